The summed E-state index contributed by atoms with van der Waals surface area (Å²) in [5, 5.41) is 3.71. The normalized spacial score (nSPS) is 30.2. The molecule has 2 aliphatic carbocycles. The summed E-state index contributed by atoms with van der Waals surface area (Å²) in [6.07, 6.45) is 11.3. The molecule has 0 radical (unpaired) electrons. The Morgan fingerprint density at radius 3 is 2.44 bits per heavy atom. The topological polar surface area (TPSA) is 24.5 Å². The van der Waals surface area contributed by atoms with E-state index in [2.05, 4.69) is 17.3 Å². The maximum Gasteiger partial charge on any atom is 0.0724 e. The molecule has 0 aromatic rings. The zero-order chi connectivity index (χ0) is 12.8. The molecule has 2 fully saturated rings. The predicted octanol–water partition coefficient (Wildman–Crippen LogP) is 2.41. The Morgan fingerprint density at radius 1 is 1.06 bits per heavy atom. The molecule has 3 heteroatoms. The minimum absolute atomic E-state index is 0.440. The first-order valence-corrected chi connectivity index (χ1v) is 7.77. The van der Waals surface area contributed by atoms with E-state index in [0.29, 0.717) is 12.1 Å². The van der Waals surface area contributed by atoms with E-state index in [1.807, 2.05) is 7.11 Å². The summed E-state index contributed by atoms with van der Waals surface area (Å²) in [4.78, 5) is 2.55. The van der Waals surface area contributed by atoms with Gasteiger partial charge in [0.25, 0.3) is 0 Å². The highest BCUT2D eigenvalue weighted by Gasteiger charge is 2.24. The van der Waals surface area contributed by atoms with Crippen molar-refractivity contribution >= 4 is 0 Å². The van der Waals surface area contributed by atoms with Crippen LogP contribution < -0.4 is 5.32 Å². The molecule has 106 valence electrons. The molecule has 2 saturated carbocycles. The monoisotopic (exact) mass is 254 g/mol. The number of methoxy groups -OCH3 is 1. The fraction of sp³-hybridized carbons (Fsp3) is 1.00. The zero-order valence-electron chi connectivity index (χ0n) is 12.2. The van der Waals surface area contributed by atoms with E-state index in [-0.39, 0.29) is 0 Å². The van der Waals surface area contributed by atoms with E-state index >= 15 is 0 Å². The molecule has 0 saturated heterocycles. The van der Waals surface area contributed by atoms with Crippen LogP contribution in [0.4, 0.5) is 0 Å². The van der Waals surface area contributed by atoms with E-state index in [4.69, 9.17) is 4.74 Å². The standard InChI is InChI=1S/C15H30N2O/c1-17(13-7-3-4-8-13)12-11-16-14-9-5-6-10-15(14)18-2/h13-16H,3-12H2,1-2H3. The second-order valence-electron chi connectivity index (χ2n) is 6.04. The first kappa shape index (κ1) is 14.3. The van der Waals surface area contributed by atoms with Gasteiger partial charge in [-0.05, 0) is 32.7 Å². The highest BCUT2D eigenvalue weighted by atomic mass is 16.5. The van der Waals surface area contributed by atoms with Crippen molar-refractivity contribution < 1.29 is 4.74 Å². The first-order chi connectivity index (χ1) is 8.81. The van der Waals surface area contributed by atoms with Crippen LogP contribution >= 0.6 is 0 Å². The molecule has 2 aliphatic rings. The predicted molar refractivity (Wildman–Crippen MR) is 75.9 cm³/mol. The average molecular weight is 254 g/mol. The summed E-state index contributed by atoms with van der Waals surface area (Å²) in [6.45, 7) is 2.29. The van der Waals surface area contributed by atoms with Crippen molar-refractivity contribution in [3.8, 4) is 0 Å². The van der Waals surface area contributed by atoms with Gasteiger partial charge in [0, 0.05) is 32.3 Å². The van der Waals surface area contributed by atoms with Gasteiger partial charge in [-0.15, -0.1) is 0 Å². The Morgan fingerprint density at radius 2 is 1.72 bits per heavy atom. The molecule has 0 spiro atoms. The second-order valence-corrected chi connectivity index (χ2v) is 6.04. The van der Waals surface area contributed by atoms with Crippen LogP contribution in [0.15, 0.2) is 0 Å². The van der Waals surface area contributed by atoms with Crippen LogP contribution in [0.1, 0.15) is 51.4 Å². The third-order valence-electron chi connectivity index (χ3n) is 4.82. The minimum atomic E-state index is 0.440. The van der Waals surface area contributed by atoms with Gasteiger partial charge in [-0.25, -0.2) is 0 Å². The van der Waals surface area contributed by atoms with Gasteiger partial charge in [0.05, 0.1) is 6.10 Å². The van der Waals surface area contributed by atoms with Crippen LogP contribution in [-0.4, -0.2) is 50.3 Å². The summed E-state index contributed by atoms with van der Waals surface area (Å²) < 4.78 is 5.58. The van der Waals surface area contributed by atoms with Crippen LogP contribution in [0.5, 0.6) is 0 Å². The SMILES string of the molecule is COC1CCCCC1NCCN(C)C1CCCC1. The van der Waals surface area contributed by atoms with Crippen molar-refractivity contribution in [1.82, 2.24) is 10.2 Å². The summed E-state index contributed by atoms with van der Waals surface area (Å²) >= 11 is 0. The van der Waals surface area contributed by atoms with Gasteiger partial charge in [0.2, 0.25) is 0 Å². The fourth-order valence-corrected chi connectivity index (χ4v) is 3.57. The van der Waals surface area contributed by atoms with Crippen LogP contribution in [0.3, 0.4) is 0 Å². The molecule has 2 atom stereocenters. The number of nitrogens with one attached hydrogen (secondary N) is 1. The van der Waals surface area contributed by atoms with Gasteiger partial charge in [-0.3, -0.25) is 0 Å². The Kier molecular flexibility index (Phi) is 5.93. The third kappa shape index (κ3) is 3.94. The van der Waals surface area contributed by atoms with Crippen LogP contribution in [-0.2, 0) is 4.74 Å². The minimum Gasteiger partial charge on any atom is -0.380 e. The summed E-state index contributed by atoms with van der Waals surface area (Å²) in [5.74, 6) is 0. The average Bonchev–Trinajstić information content (AvgIpc) is 2.93. The van der Waals surface area contributed by atoms with Gasteiger partial charge in [0.15, 0.2) is 0 Å². The van der Waals surface area contributed by atoms with Crippen LogP contribution in [0.2, 0.25) is 0 Å². The smallest absolute Gasteiger partial charge is 0.0724 e. The number of likely N-dealkylation sites (N-methyl/N-ethyl adjacent to an activating group) is 1. The summed E-state index contributed by atoms with van der Waals surface area (Å²) in [7, 11) is 4.14. The second kappa shape index (κ2) is 7.46. The van der Waals surface area contributed by atoms with E-state index in [1.165, 1.54) is 57.9 Å². The largest absolute Gasteiger partial charge is 0.380 e. The highest BCUT2D eigenvalue weighted by Crippen LogP contribution is 2.22. The maximum atomic E-state index is 5.58. The highest BCUT2D eigenvalue weighted by molar-refractivity contribution is 4.82. The molecule has 0 amide bonds. The number of hydrogen-bond donors (Lipinski definition) is 1. The van der Waals surface area contributed by atoms with Crippen molar-refractivity contribution in [3.05, 3.63) is 0 Å². The lowest BCUT2D eigenvalue weighted by Crippen LogP contribution is -2.46. The van der Waals surface area contributed by atoms with E-state index in [1.54, 1.807) is 0 Å². The first-order valence-electron chi connectivity index (χ1n) is 7.77. The lowest BCUT2D eigenvalue weighted by Gasteiger charge is -2.32. The third-order valence-corrected chi connectivity index (χ3v) is 4.82. The lowest BCUT2D eigenvalue weighted by molar-refractivity contribution is 0.0409. The number of hydrogen-bond acceptors (Lipinski definition) is 3. The van der Waals surface area contributed by atoms with Crippen LogP contribution in [0, 0.1) is 0 Å². The maximum absolute atomic E-state index is 5.58. The Balaban J connectivity index is 1.64. The molecule has 2 rings (SSSR count). The summed E-state index contributed by atoms with van der Waals surface area (Å²) in [5.41, 5.74) is 0. The van der Waals surface area contributed by atoms with Crippen molar-refractivity contribution in [2.24, 2.45) is 0 Å². The van der Waals surface area contributed by atoms with Gasteiger partial charge in [-0.1, -0.05) is 25.7 Å². The van der Waals surface area contributed by atoms with Gasteiger partial charge >= 0.3 is 0 Å². The molecule has 1 N–H and O–H groups in total. The Bertz CT molecular complexity index is 229. The van der Waals surface area contributed by atoms with E-state index < -0.39 is 0 Å². The quantitative estimate of drug-likeness (QED) is 0.788. The summed E-state index contributed by atoms with van der Waals surface area (Å²) in [6, 6.07) is 1.43. The van der Waals surface area contributed by atoms with Crippen molar-refractivity contribution in [2.45, 2.75) is 69.6 Å². The van der Waals surface area contributed by atoms with Gasteiger partial charge < -0.3 is 15.0 Å². The fourth-order valence-electron chi connectivity index (χ4n) is 3.57. The number of nitrogens with zero attached hydrogens (tertiary/aromatic N) is 1. The van der Waals surface area contributed by atoms with Crippen LogP contribution in [0.25, 0.3) is 0 Å². The Hall–Kier alpha value is -0.120. The molecule has 0 heterocycles. The molecule has 18 heavy (non-hydrogen) atoms. The molecule has 0 aromatic heterocycles. The lowest BCUT2D eigenvalue weighted by atomic mass is 9.92. The molecule has 3 nitrogen and oxygen atoms in total. The molecule has 2 unspecified atom stereocenters. The van der Waals surface area contributed by atoms with Crippen molar-refractivity contribution in [2.75, 3.05) is 27.2 Å². The molecular formula is C15H30N2O. The molecule has 0 aliphatic heterocycles. The number of rotatable bonds is 6. The molecule has 0 bridgehead atoms. The van der Waals surface area contributed by atoms with Crippen molar-refractivity contribution in [1.29, 1.82) is 0 Å². The molecular weight excluding hydrogens is 224 g/mol. The zero-order valence-corrected chi connectivity index (χ0v) is 12.2. The van der Waals surface area contributed by atoms with E-state index in [9.17, 15) is 0 Å². The van der Waals surface area contributed by atoms with Gasteiger partial charge in [0.1, 0.15) is 0 Å². The van der Waals surface area contributed by atoms with Gasteiger partial charge in [-0.2, -0.15) is 0 Å². The number of ether oxygens (including phenoxy) is 1. The Labute approximate surface area is 112 Å². The van der Waals surface area contributed by atoms with E-state index in [0.717, 1.165) is 12.6 Å². The molecule has 0 aromatic carbocycles. The van der Waals surface area contributed by atoms with Crippen molar-refractivity contribution in [3.63, 3.8) is 0 Å².